The number of amides is 1. The largest absolute Gasteiger partial charge is 0.477 e. The van der Waals surface area contributed by atoms with E-state index >= 15 is 0 Å². The van der Waals surface area contributed by atoms with Gasteiger partial charge in [-0.15, -0.1) is 0 Å². The summed E-state index contributed by atoms with van der Waals surface area (Å²) in [7, 11) is 0. The lowest BCUT2D eigenvalue weighted by Crippen LogP contribution is -2.42. The zero-order valence-corrected chi connectivity index (χ0v) is 20.2. The fourth-order valence-corrected chi connectivity index (χ4v) is 6.00. The molecule has 2 saturated carbocycles. The van der Waals surface area contributed by atoms with Crippen LogP contribution in [0.4, 0.5) is 0 Å². The van der Waals surface area contributed by atoms with Gasteiger partial charge >= 0.3 is 0 Å². The summed E-state index contributed by atoms with van der Waals surface area (Å²) in [5, 5.41) is 11.3. The predicted molar refractivity (Wildman–Crippen MR) is 127 cm³/mol. The van der Waals surface area contributed by atoms with Crippen molar-refractivity contribution in [3.8, 4) is 5.88 Å². The van der Waals surface area contributed by atoms with Gasteiger partial charge in [0.25, 0.3) is 5.91 Å². The molecule has 7 heteroatoms. The molecule has 2 aliphatic carbocycles. The molecule has 0 spiro atoms. The number of rotatable bonds is 9. The van der Waals surface area contributed by atoms with Crippen LogP contribution in [0.15, 0.2) is 6.20 Å². The fraction of sp³-hybridized carbons (Fsp3) is 0.840. The minimum atomic E-state index is -0.0374. The molecule has 1 aromatic rings. The number of ether oxygens (including phenoxy) is 1. The Morgan fingerprint density at radius 1 is 1.19 bits per heavy atom. The lowest BCUT2D eigenvalue weighted by Gasteiger charge is -2.41. The molecule has 1 aliphatic heterocycles. The first-order valence-electron chi connectivity index (χ1n) is 13.1. The average Bonchev–Trinajstić information content (AvgIpc) is 3.01. The van der Waals surface area contributed by atoms with Crippen LogP contribution in [0.3, 0.4) is 0 Å². The van der Waals surface area contributed by atoms with Crippen LogP contribution in [0, 0.1) is 17.8 Å². The monoisotopic (exact) mass is 445 g/mol. The Morgan fingerprint density at radius 2 is 2.00 bits per heavy atom. The number of hydrogen-bond donors (Lipinski definition) is 2. The minimum Gasteiger partial charge on any atom is -0.477 e. The summed E-state index contributed by atoms with van der Waals surface area (Å²) in [6.07, 6.45) is 11.9. The maximum atomic E-state index is 13.2. The van der Waals surface area contributed by atoms with E-state index in [2.05, 4.69) is 34.5 Å². The number of hydrogen-bond acceptors (Lipinski definition) is 5. The zero-order chi connectivity index (χ0) is 22.3. The molecule has 1 amide bonds. The van der Waals surface area contributed by atoms with Crippen LogP contribution in [-0.2, 0) is 6.54 Å². The Hall–Kier alpha value is -1.60. The third-order valence-corrected chi connectivity index (χ3v) is 7.77. The van der Waals surface area contributed by atoms with Crippen molar-refractivity contribution in [1.82, 2.24) is 25.3 Å². The summed E-state index contributed by atoms with van der Waals surface area (Å²) in [6.45, 7) is 10.8. The van der Waals surface area contributed by atoms with E-state index in [-0.39, 0.29) is 11.9 Å². The Morgan fingerprint density at radius 3 is 2.78 bits per heavy atom. The van der Waals surface area contributed by atoms with Crippen LogP contribution < -0.4 is 15.4 Å². The van der Waals surface area contributed by atoms with Crippen LogP contribution in [0.5, 0.6) is 5.88 Å². The smallest absolute Gasteiger partial charge is 0.258 e. The summed E-state index contributed by atoms with van der Waals surface area (Å²) in [4.78, 5) is 15.7. The number of carbonyl (C=O) groups excluding carboxylic acids is 1. The number of carbonyl (C=O) groups is 1. The molecular formula is C25H43N5O2. The normalized spacial score (nSPS) is 27.5. The highest BCUT2D eigenvalue weighted by atomic mass is 16.5. The van der Waals surface area contributed by atoms with Crippen molar-refractivity contribution in [1.29, 1.82) is 0 Å². The van der Waals surface area contributed by atoms with Gasteiger partial charge in [0.05, 0.1) is 19.3 Å². The maximum Gasteiger partial charge on any atom is 0.258 e. The molecule has 0 radical (unpaired) electrons. The third-order valence-electron chi connectivity index (χ3n) is 7.77. The lowest BCUT2D eigenvalue weighted by atomic mass is 9.66. The quantitative estimate of drug-likeness (QED) is 0.610. The van der Waals surface area contributed by atoms with Crippen molar-refractivity contribution in [2.45, 2.75) is 77.8 Å². The summed E-state index contributed by atoms with van der Waals surface area (Å²) < 4.78 is 7.93. The van der Waals surface area contributed by atoms with Gasteiger partial charge in [0, 0.05) is 25.7 Å². The van der Waals surface area contributed by atoms with E-state index in [9.17, 15) is 4.79 Å². The van der Waals surface area contributed by atoms with Gasteiger partial charge in [0.2, 0.25) is 5.88 Å². The number of fused-ring (bicyclic) bond motifs is 2. The molecule has 32 heavy (non-hydrogen) atoms. The number of nitrogens with zero attached hydrogens (tertiary/aromatic N) is 3. The van der Waals surface area contributed by atoms with Gasteiger partial charge in [-0.2, -0.15) is 5.10 Å². The van der Waals surface area contributed by atoms with E-state index in [0.717, 1.165) is 57.5 Å². The molecule has 4 rings (SSSR count). The second-order valence-corrected chi connectivity index (χ2v) is 10.3. The third kappa shape index (κ3) is 6.04. The first kappa shape index (κ1) is 23.6. The summed E-state index contributed by atoms with van der Waals surface area (Å²) in [5.74, 6) is 2.92. The van der Waals surface area contributed by atoms with Crippen molar-refractivity contribution < 1.29 is 9.53 Å². The molecule has 3 aliphatic rings. The lowest BCUT2D eigenvalue weighted by molar-refractivity contribution is 0.0850. The SMILES string of the molecule is CCCOc1c(C(=O)NC(C)C2CC3CCCC(C3)C2)cnn1CCN1CCCNCC1. The van der Waals surface area contributed by atoms with Crippen molar-refractivity contribution in [3.05, 3.63) is 11.8 Å². The topological polar surface area (TPSA) is 71.4 Å². The molecule has 180 valence electrons. The molecule has 1 aromatic heterocycles. The van der Waals surface area contributed by atoms with E-state index in [1.807, 2.05) is 4.68 Å². The molecule has 2 N–H and O–H groups in total. The molecule has 0 aromatic carbocycles. The van der Waals surface area contributed by atoms with Crippen LogP contribution in [0.2, 0.25) is 0 Å². The highest BCUT2D eigenvalue weighted by Crippen LogP contribution is 2.43. The fourth-order valence-electron chi connectivity index (χ4n) is 6.00. The second kappa shape index (κ2) is 11.5. The van der Waals surface area contributed by atoms with E-state index in [0.29, 0.717) is 24.0 Å². The van der Waals surface area contributed by atoms with Gasteiger partial charge in [-0.05, 0) is 69.9 Å². The molecule has 7 nitrogen and oxygen atoms in total. The molecular weight excluding hydrogens is 402 g/mol. The van der Waals surface area contributed by atoms with E-state index in [1.165, 1.54) is 44.9 Å². The number of nitrogens with one attached hydrogen (secondary N) is 2. The standard InChI is InChI=1S/C25H43N5O2/c1-3-14-32-25-23(18-27-30(25)13-12-29-10-5-8-26-9-11-29)24(31)28-19(2)22-16-20-6-4-7-21(15-20)17-22/h18-22,26H,3-17H2,1-2H3,(H,28,31). The molecule has 3 atom stereocenters. The number of aromatic nitrogens is 2. The maximum absolute atomic E-state index is 13.2. The van der Waals surface area contributed by atoms with Gasteiger partial charge < -0.3 is 20.3 Å². The van der Waals surface area contributed by atoms with Crippen LogP contribution >= 0.6 is 0 Å². The molecule has 3 unspecified atom stereocenters. The highest BCUT2D eigenvalue weighted by Gasteiger charge is 2.35. The molecule has 3 fully saturated rings. The first-order chi connectivity index (χ1) is 15.6. The Bertz CT molecular complexity index is 716. The van der Waals surface area contributed by atoms with Gasteiger partial charge in [-0.25, -0.2) is 4.68 Å². The first-order valence-corrected chi connectivity index (χ1v) is 13.1. The van der Waals surface area contributed by atoms with Crippen LogP contribution in [0.25, 0.3) is 0 Å². The van der Waals surface area contributed by atoms with Crippen molar-refractivity contribution in [3.63, 3.8) is 0 Å². The Labute approximate surface area is 193 Å². The van der Waals surface area contributed by atoms with Gasteiger partial charge in [-0.3, -0.25) is 4.79 Å². The van der Waals surface area contributed by atoms with E-state index < -0.39 is 0 Å². The van der Waals surface area contributed by atoms with Crippen molar-refractivity contribution in [2.75, 3.05) is 39.3 Å². The average molecular weight is 446 g/mol. The highest BCUT2D eigenvalue weighted by molar-refractivity contribution is 5.96. The summed E-state index contributed by atoms with van der Waals surface area (Å²) in [6, 6.07) is 0.192. The Kier molecular flexibility index (Phi) is 8.47. The van der Waals surface area contributed by atoms with Gasteiger partial charge in [-0.1, -0.05) is 26.2 Å². The molecule has 2 heterocycles. The summed E-state index contributed by atoms with van der Waals surface area (Å²) in [5.41, 5.74) is 0.582. The van der Waals surface area contributed by atoms with Crippen molar-refractivity contribution in [2.24, 2.45) is 17.8 Å². The van der Waals surface area contributed by atoms with Gasteiger partial charge in [0.15, 0.2) is 0 Å². The Balaban J connectivity index is 1.38. The molecule has 1 saturated heterocycles. The van der Waals surface area contributed by atoms with Crippen molar-refractivity contribution >= 4 is 5.91 Å². The second-order valence-electron chi connectivity index (χ2n) is 10.3. The van der Waals surface area contributed by atoms with Crippen LogP contribution in [-0.4, -0.2) is 66.0 Å². The zero-order valence-electron chi connectivity index (χ0n) is 20.2. The van der Waals surface area contributed by atoms with E-state index in [1.54, 1.807) is 6.20 Å². The summed E-state index contributed by atoms with van der Waals surface area (Å²) >= 11 is 0. The van der Waals surface area contributed by atoms with Gasteiger partial charge in [0.1, 0.15) is 5.56 Å². The predicted octanol–water partition coefficient (Wildman–Crippen LogP) is 3.30. The molecule has 2 bridgehead atoms. The van der Waals surface area contributed by atoms with Crippen LogP contribution in [0.1, 0.15) is 75.6 Å². The van der Waals surface area contributed by atoms with E-state index in [4.69, 9.17) is 4.74 Å². The minimum absolute atomic E-state index is 0.0374.